The summed E-state index contributed by atoms with van der Waals surface area (Å²) >= 11 is 1.44. The molecular formula is C76H139N13O13S. The highest BCUT2D eigenvalue weighted by atomic mass is 32.2. The number of piperazine rings is 1. The van der Waals surface area contributed by atoms with Crippen LogP contribution in [-0.4, -0.2) is 298 Å². The van der Waals surface area contributed by atoms with Gasteiger partial charge in [-0.1, -0.05) is 116 Å². The molecule has 0 spiro atoms. The monoisotopic (exact) mass is 1470 g/mol. The first-order valence-electron chi connectivity index (χ1n) is 37.7. The molecule has 0 saturated carbocycles. The zero-order valence-electron chi connectivity index (χ0n) is 68.2. The minimum Gasteiger partial charge on any atom is -0.390 e. The fraction of sp³-hybridized carbons (Fsp3) is 0.829. The molecule has 0 aromatic heterocycles. The molecule has 0 aromatic rings. The standard InChI is InChI=1S/C76H139N13O13S/c1-28-30-32-51(13)63(90)62-67(94)79-54(29-2)69(96)85(25)59(44-103-40-31-35-88-36-38-89(39-37-88)45-75(16,17)18)72(99)84(24)58(43-76(19,20)102)66(93)80-60(49(9)10)73(100)81(21)55(34-33-46(3)4)65(92)77-52(14)64(91)78-53(15)68(95)82(22)56(41-47(5)6)70(97)83(23)57(42-48(7)8)71(98)86(26)61(50(11)12)74(101)87(62)27/h28,30,46-63,90,102H,29,31-45H2,1-27H3,(H,77,92)(H,78,91)(H,79,94)(H,80,93)/b30-28+/t51-,52-,53+,54-,55-,56+,57-,58+,59-,60-,61-,62+,63-/m1/s1. The second-order valence-corrected chi connectivity index (χ2v) is 34.3. The normalized spacial score (nSPS) is 26.6. The van der Waals surface area contributed by atoms with E-state index in [-0.39, 0.29) is 67.4 Å². The van der Waals surface area contributed by atoms with Crippen molar-refractivity contribution in [2.45, 2.75) is 268 Å². The molecule has 0 aromatic carbocycles. The van der Waals surface area contributed by atoms with Gasteiger partial charge in [0.25, 0.3) is 0 Å². The summed E-state index contributed by atoms with van der Waals surface area (Å²) in [5.41, 5.74) is -1.42. The second kappa shape index (κ2) is 42.4. The Morgan fingerprint density at radius 3 is 1.47 bits per heavy atom. The van der Waals surface area contributed by atoms with Crippen LogP contribution in [0.4, 0.5) is 0 Å². The largest absolute Gasteiger partial charge is 0.390 e. The number of aliphatic hydroxyl groups excluding tert-OH is 1. The smallest absolute Gasteiger partial charge is 0.246 e. The fourth-order valence-corrected chi connectivity index (χ4v) is 14.6. The van der Waals surface area contributed by atoms with Crippen molar-refractivity contribution >= 4 is 76.7 Å². The number of carbonyl (C=O) groups is 11. The number of thioether (sulfide) groups is 1. The van der Waals surface area contributed by atoms with Gasteiger partial charge in [0, 0.05) is 94.2 Å². The maximum atomic E-state index is 15.6. The summed E-state index contributed by atoms with van der Waals surface area (Å²) in [7, 11) is 9.98. The van der Waals surface area contributed by atoms with Crippen LogP contribution in [0.1, 0.15) is 190 Å². The van der Waals surface area contributed by atoms with Crippen molar-refractivity contribution in [3.8, 4) is 0 Å². The van der Waals surface area contributed by atoms with E-state index in [0.29, 0.717) is 12.2 Å². The number of amides is 11. The molecule has 2 aliphatic heterocycles. The molecule has 13 atom stereocenters. The molecule has 2 heterocycles. The summed E-state index contributed by atoms with van der Waals surface area (Å²) in [6.07, 6.45) is 3.62. The average Bonchev–Trinajstić information content (AvgIpc) is 0.821. The Labute approximate surface area is 623 Å². The Morgan fingerprint density at radius 1 is 0.515 bits per heavy atom. The molecule has 2 fully saturated rings. The van der Waals surface area contributed by atoms with Gasteiger partial charge in [-0.05, 0) is 133 Å². The number of likely N-dealkylation sites (N-methyl/N-ethyl adjacent to an activating group) is 7. The van der Waals surface area contributed by atoms with Crippen molar-refractivity contribution in [2.24, 2.45) is 40.9 Å². The van der Waals surface area contributed by atoms with Crippen LogP contribution in [0, 0.1) is 40.9 Å². The quantitative estimate of drug-likeness (QED) is 0.0584. The molecule has 26 nitrogen and oxygen atoms in total. The van der Waals surface area contributed by atoms with Gasteiger partial charge in [0.2, 0.25) is 65.0 Å². The Balaban J connectivity index is 3.10. The number of allylic oxidation sites excluding steroid dienone is 2. The lowest BCUT2D eigenvalue weighted by molar-refractivity contribution is -0.157. The Morgan fingerprint density at radius 2 is 0.981 bits per heavy atom. The van der Waals surface area contributed by atoms with E-state index >= 15 is 38.4 Å². The first-order chi connectivity index (χ1) is 47.6. The highest BCUT2D eigenvalue weighted by Gasteiger charge is 2.47. The predicted octanol–water partition coefficient (Wildman–Crippen LogP) is 4.93. The zero-order valence-corrected chi connectivity index (χ0v) is 69.0. The SMILES string of the molecule is C/C=C/C[C@@H](C)[C@@H](O)[C@H]1C(=O)N[C@H](CC)C(=O)N(C)[C@H](CSCCCN2CCN(CC(C)(C)C)CC2)C(=O)N(C)[C@@H](CC(C)(C)O)C(=O)N[C@H](C(C)C)C(=O)N(C)[C@H](CCC(C)C)C(=O)N[C@H](C)C(=O)N[C@@H](C)C(=O)N(C)[C@@H](CC(C)C)C(=O)N(C)[C@H](CC(C)C)C(=O)N(C)[C@H](C(C)C)C(=O)N1C. The third kappa shape index (κ3) is 28.4. The van der Waals surface area contributed by atoms with Gasteiger partial charge in [-0.25, -0.2) is 0 Å². The van der Waals surface area contributed by atoms with Crippen molar-refractivity contribution in [1.29, 1.82) is 0 Å². The van der Waals surface area contributed by atoms with E-state index in [1.807, 2.05) is 54.5 Å². The van der Waals surface area contributed by atoms with Crippen molar-refractivity contribution in [2.75, 3.05) is 100 Å². The van der Waals surface area contributed by atoms with Crippen LogP contribution in [0.3, 0.4) is 0 Å². The summed E-state index contributed by atoms with van der Waals surface area (Å²) < 4.78 is 0. The lowest BCUT2D eigenvalue weighted by Crippen LogP contribution is -2.64. The fourth-order valence-electron chi connectivity index (χ4n) is 13.5. The summed E-state index contributed by atoms with van der Waals surface area (Å²) in [6.45, 7) is 41.5. The van der Waals surface area contributed by atoms with Crippen LogP contribution >= 0.6 is 11.8 Å². The van der Waals surface area contributed by atoms with Crippen LogP contribution < -0.4 is 21.3 Å². The Hall–Kier alpha value is -5.90. The van der Waals surface area contributed by atoms with Gasteiger partial charge in [0.15, 0.2) is 0 Å². The van der Waals surface area contributed by atoms with Gasteiger partial charge in [0.05, 0.1) is 11.7 Å². The van der Waals surface area contributed by atoms with Crippen molar-refractivity contribution in [3.63, 3.8) is 0 Å². The number of rotatable bonds is 23. The molecule has 0 unspecified atom stereocenters. The van der Waals surface area contributed by atoms with Crippen LogP contribution in [0.15, 0.2) is 12.2 Å². The predicted molar refractivity (Wildman–Crippen MR) is 408 cm³/mol. The first kappa shape index (κ1) is 93.2. The number of hydrogen-bond acceptors (Lipinski definition) is 16. The topological polar surface area (TPSA) is 306 Å². The van der Waals surface area contributed by atoms with E-state index < -0.39 is 161 Å². The first-order valence-corrected chi connectivity index (χ1v) is 38.8. The van der Waals surface area contributed by atoms with E-state index in [4.69, 9.17) is 0 Å². The Bertz CT molecular complexity index is 2820. The van der Waals surface area contributed by atoms with E-state index in [2.05, 4.69) is 51.8 Å². The summed E-state index contributed by atoms with van der Waals surface area (Å²) in [4.78, 5) is 179. The highest BCUT2D eigenvalue weighted by molar-refractivity contribution is 7.99. The Kier molecular flexibility index (Phi) is 38.4. The van der Waals surface area contributed by atoms with Gasteiger partial charge in [-0.3, -0.25) is 52.7 Å². The van der Waals surface area contributed by atoms with Crippen molar-refractivity contribution < 1.29 is 63.0 Å². The van der Waals surface area contributed by atoms with E-state index in [1.165, 1.54) is 118 Å². The van der Waals surface area contributed by atoms with Gasteiger partial charge < -0.3 is 75.6 Å². The van der Waals surface area contributed by atoms with E-state index in [1.54, 1.807) is 47.6 Å². The number of nitrogens with one attached hydrogen (secondary N) is 4. The minimum absolute atomic E-state index is 0.0242. The molecule has 11 amide bonds. The molecule has 6 N–H and O–H groups in total. The van der Waals surface area contributed by atoms with Gasteiger partial charge in [-0.15, -0.1) is 0 Å². The van der Waals surface area contributed by atoms with Crippen molar-refractivity contribution in [1.82, 2.24) is 65.4 Å². The lowest BCUT2D eigenvalue weighted by atomic mass is 9.91. The third-order valence-electron chi connectivity index (χ3n) is 19.9. The highest BCUT2D eigenvalue weighted by Crippen LogP contribution is 2.28. The van der Waals surface area contributed by atoms with E-state index in [9.17, 15) is 24.6 Å². The number of carbonyl (C=O) groups excluding carboxylic acids is 11. The molecule has 103 heavy (non-hydrogen) atoms. The molecule has 2 saturated heterocycles. The number of hydrogen-bond donors (Lipinski definition) is 6. The van der Waals surface area contributed by atoms with Crippen LogP contribution in [0.5, 0.6) is 0 Å². The maximum absolute atomic E-state index is 15.6. The minimum atomic E-state index is -1.66. The maximum Gasteiger partial charge on any atom is 0.246 e. The molecule has 0 aliphatic carbocycles. The molecule has 2 aliphatic rings. The third-order valence-corrected chi connectivity index (χ3v) is 21.0. The summed E-state index contributed by atoms with van der Waals surface area (Å²) in [5, 5.41) is 35.1. The zero-order chi connectivity index (χ0) is 79.2. The molecule has 27 heteroatoms. The molecule has 592 valence electrons. The lowest BCUT2D eigenvalue weighted by Gasteiger charge is -2.41. The second-order valence-electron chi connectivity index (χ2n) is 33.1. The van der Waals surface area contributed by atoms with Crippen molar-refractivity contribution in [3.05, 3.63) is 12.2 Å². The van der Waals surface area contributed by atoms with Gasteiger partial charge >= 0.3 is 0 Å². The van der Waals surface area contributed by atoms with Crippen LogP contribution in [-0.2, 0) is 52.7 Å². The average molecular weight is 1480 g/mol. The molecule has 0 bridgehead atoms. The molecule has 2 rings (SSSR count). The summed E-state index contributed by atoms with van der Waals surface area (Å²) in [5.74, 6) is -9.34. The van der Waals surface area contributed by atoms with E-state index in [0.717, 1.165) is 50.6 Å². The van der Waals surface area contributed by atoms with Crippen LogP contribution in [0.25, 0.3) is 0 Å². The summed E-state index contributed by atoms with van der Waals surface area (Å²) in [6, 6.07) is -14.4. The van der Waals surface area contributed by atoms with Crippen LogP contribution in [0.2, 0.25) is 0 Å². The van der Waals surface area contributed by atoms with Gasteiger partial charge in [0.1, 0.15) is 66.5 Å². The molecular weight excluding hydrogens is 1330 g/mol. The van der Waals surface area contributed by atoms with Gasteiger partial charge in [-0.2, -0.15) is 11.8 Å². The number of aliphatic hydroxyl groups is 2. The number of nitrogens with zero attached hydrogens (tertiary/aromatic N) is 9. The molecule has 0 radical (unpaired) electrons.